The number of hydrogen-bond donors (Lipinski definition) is 2. The number of allylic oxidation sites excluding steroid dienone is 2. The normalized spacial score (nSPS) is 11.1. The molecule has 1 aromatic carbocycles. The van der Waals surface area contributed by atoms with Crippen molar-refractivity contribution in [1.82, 2.24) is 4.72 Å². The van der Waals surface area contributed by atoms with Crippen LogP contribution >= 0.6 is 39.5 Å². The lowest BCUT2D eigenvalue weighted by atomic mass is 10.3. The van der Waals surface area contributed by atoms with Gasteiger partial charge in [-0.1, -0.05) is 39.7 Å². The maximum atomic E-state index is 11.5. The minimum Gasteiger partial charge on any atom is -0.307 e. The first-order chi connectivity index (χ1) is 8.15. The molecule has 0 heterocycles. The van der Waals surface area contributed by atoms with Crippen LogP contribution in [0.4, 0.5) is 10.5 Å². The summed E-state index contributed by atoms with van der Waals surface area (Å²) < 4.78 is 2.68. The third-order valence-corrected chi connectivity index (χ3v) is 3.95. The number of nitrogens with one attached hydrogen (secondary N) is 2. The van der Waals surface area contributed by atoms with Crippen LogP contribution in [0, 0.1) is 0 Å². The lowest BCUT2D eigenvalue weighted by Crippen LogP contribution is -2.22. The van der Waals surface area contributed by atoms with Gasteiger partial charge < -0.3 is 5.32 Å². The number of hydrogen-bond acceptors (Lipinski definition) is 2. The Kier molecular flexibility index (Phi) is 6.47. The van der Waals surface area contributed by atoms with Gasteiger partial charge in [0, 0.05) is 20.9 Å². The minimum atomic E-state index is -0.280. The fourth-order valence-corrected chi connectivity index (χ4v) is 2.30. The van der Waals surface area contributed by atoms with Crippen LogP contribution in [-0.4, -0.2) is 11.4 Å². The van der Waals surface area contributed by atoms with Crippen LogP contribution in [0.1, 0.15) is 6.92 Å². The largest absolute Gasteiger partial charge is 0.329 e. The molecule has 0 atom stereocenters. The van der Waals surface area contributed by atoms with E-state index in [2.05, 4.69) is 26.0 Å². The molecule has 1 aromatic rings. The van der Waals surface area contributed by atoms with Crippen LogP contribution in [0.15, 0.2) is 35.2 Å². The van der Waals surface area contributed by atoms with Crippen LogP contribution in [0.2, 0.25) is 5.02 Å². The lowest BCUT2D eigenvalue weighted by Gasteiger charge is -2.07. The van der Waals surface area contributed by atoms with Gasteiger partial charge in [-0.05, 0) is 37.1 Å². The molecule has 0 saturated heterocycles. The quantitative estimate of drug-likeness (QED) is 0.632. The number of rotatable bonds is 4. The number of urea groups is 1. The molecule has 0 aliphatic heterocycles. The van der Waals surface area contributed by atoms with Gasteiger partial charge in [0.1, 0.15) is 0 Å². The molecule has 0 saturated carbocycles. The standard InChI is InChI=1S/C11H12BrClN2OS/c1-2-10(7-12)17-15-11(16)14-9-5-3-4-8(13)6-9/h2-6H,7H2,1H3,(H2,14,15,16)/b10-2-. The second-order valence-electron chi connectivity index (χ2n) is 3.06. The highest BCUT2D eigenvalue weighted by Gasteiger charge is 2.03. The third-order valence-electron chi connectivity index (χ3n) is 1.81. The zero-order valence-electron chi connectivity index (χ0n) is 9.17. The highest BCUT2D eigenvalue weighted by molar-refractivity contribution is 9.09. The topological polar surface area (TPSA) is 41.1 Å². The van der Waals surface area contributed by atoms with Crippen LogP contribution in [0.25, 0.3) is 0 Å². The van der Waals surface area contributed by atoms with Gasteiger partial charge in [0.25, 0.3) is 0 Å². The van der Waals surface area contributed by atoms with E-state index in [0.717, 1.165) is 4.91 Å². The van der Waals surface area contributed by atoms with E-state index in [-0.39, 0.29) is 6.03 Å². The lowest BCUT2D eigenvalue weighted by molar-refractivity contribution is 0.257. The van der Waals surface area contributed by atoms with Gasteiger partial charge in [-0.3, -0.25) is 4.72 Å². The van der Waals surface area contributed by atoms with E-state index in [1.807, 2.05) is 13.0 Å². The first-order valence-corrected chi connectivity index (χ1v) is 7.18. The number of benzene rings is 1. The summed E-state index contributed by atoms with van der Waals surface area (Å²) in [6.45, 7) is 1.92. The van der Waals surface area contributed by atoms with Crippen molar-refractivity contribution in [3.63, 3.8) is 0 Å². The molecule has 0 aliphatic rings. The van der Waals surface area contributed by atoms with Crippen molar-refractivity contribution in [3.8, 4) is 0 Å². The first-order valence-electron chi connectivity index (χ1n) is 4.86. The Morgan fingerprint density at radius 2 is 2.35 bits per heavy atom. The maximum absolute atomic E-state index is 11.5. The summed E-state index contributed by atoms with van der Waals surface area (Å²) in [5.74, 6) is 0. The Hall–Kier alpha value is -0.650. The highest BCUT2D eigenvalue weighted by Crippen LogP contribution is 2.16. The van der Waals surface area contributed by atoms with Gasteiger partial charge in [0.05, 0.1) is 0 Å². The zero-order chi connectivity index (χ0) is 12.7. The van der Waals surface area contributed by atoms with E-state index < -0.39 is 0 Å². The van der Waals surface area contributed by atoms with Crippen molar-refractivity contribution in [2.24, 2.45) is 0 Å². The van der Waals surface area contributed by atoms with E-state index >= 15 is 0 Å². The fourth-order valence-electron chi connectivity index (χ4n) is 0.998. The molecule has 0 radical (unpaired) electrons. The minimum absolute atomic E-state index is 0.280. The number of carbonyl (C=O) groups excluding carboxylic acids is 1. The number of carbonyl (C=O) groups is 1. The average Bonchev–Trinajstić information content (AvgIpc) is 2.30. The van der Waals surface area contributed by atoms with Crippen LogP contribution in [0.5, 0.6) is 0 Å². The molecule has 3 nitrogen and oxygen atoms in total. The molecule has 0 bridgehead atoms. The van der Waals surface area contributed by atoms with Crippen molar-refractivity contribution in [1.29, 1.82) is 0 Å². The second-order valence-corrected chi connectivity index (χ2v) is 4.99. The van der Waals surface area contributed by atoms with Crippen molar-refractivity contribution < 1.29 is 4.79 Å². The molecule has 0 spiro atoms. The second kappa shape index (κ2) is 7.63. The SMILES string of the molecule is C/C=C(/CBr)SNC(=O)Nc1cccc(Cl)c1. The Balaban J connectivity index is 2.45. The van der Waals surface area contributed by atoms with Gasteiger partial charge in [0.15, 0.2) is 0 Å². The monoisotopic (exact) mass is 334 g/mol. The van der Waals surface area contributed by atoms with Crippen molar-refractivity contribution in [2.75, 3.05) is 10.6 Å². The van der Waals surface area contributed by atoms with Gasteiger partial charge in [-0.2, -0.15) is 0 Å². The number of alkyl halides is 1. The van der Waals surface area contributed by atoms with Gasteiger partial charge in [-0.25, -0.2) is 4.79 Å². The average molecular weight is 336 g/mol. The Morgan fingerprint density at radius 3 is 2.94 bits per heavy atom. The molecule has 6 heteroatoms. The van der Waals surface area contributed by atoms with Crippen LogP contribution in [0.3, 0.4) is 0 Å². The fraction of sp³-hybridized carbons (Fsp3) is 0.182. The summed E-state index contributed by atoms with van der Waals surface area (Å²) in [7, 11) is 0. The maximum Gasteiger partial charge on any atom is 0.329 e. The Labute approximate surface area is 118 Å². The summed E-state index contributed by atoms with van der Waals surface area (Å²) in [6.07, 6.45) is 1.93. The Morgan fingerprint density at radius 1 is 1.59 bits per heavy atom. The van der Waals surface area contributed by atoms with Gasteiger partial charge >= 0.3 is 6.03 Å². The van der Waals surface area contributed by atoms with Crippen LogP contribution < -0.4 is 10.0 Å². The molecule has 0 aromatic heterocycles. The summed E-state index contributed by atoms with van der Waals surface area (Å²) in [5, 5.41) is 3.99. The number of amides is 2. The third kappa shape index (κ3) is 5.48. The first kappa shape index (κ1) is 14.4. The molecule has 92 valence electrons. The molecule has 2 amide bonds. The molecule has 17 heavy (non-hydrogen) atoms. The zero-order valence-corrected chi connectivity index (χ0v) is 12.3. The summed E-state index contributed by atoms with van der Waals surface area (Å²) in [5.41, 5.74) is 0.663. The molecular weight excluding hydrogens is 324 g/mol. The molecule has 0 unspecified atom stereocenters. The van der Waals surface area contributed by atoms with E-state index in [9.17, 15) is 4.79 Å². The van der Waals surface area contributed by atoms with E-state index in [0.29, 0.717) is 16.0 Å². The van der Waals surface area contributed by atoms with Crippen molar-refractivity contribution in [2.45, 2.75) is 6.92 Å². The molecule has 0 fully saturated rings. The summed E-state index contributed by atoms with van der Waals surface area (Å²) in [4.78, 5) is 12.6. The number of anilines is 1. The predicted octanol–water partition coefficient (Wildman–Crippen LogP) is 4.41. The predicted molar refractivity (Wildman–Crippen MR) is 78.7 cm³/mol. The Bertz CT molecular complexity index is 426. The summed E-state index contributed by atoms with van der Waals surface area (Å²) >= 11 is 10.4. The van der Waals surface area contributed by atoms with E-state index in [4.69, 9.17) is 11.6 Å². The molecule has 2 N–H and O–H groups in total. The van der Waals surface area contributed by atoms with Gasteiger partial charge in [0.2, 0.25) is 0 Å². The van der Waals surface area contributed by atoms with Crippen molar-refractivity contribution >= 4 is 51.2 Å². The summed E-state index contributed by atoms with van der Waals surface area (Å²) in [6, 6.07) is 6.71. The van der Waals surface area contributed by atoms with E-state index in [1.54, 1.807) is 24.3 Å². The van der Waals surface area contributed by atoms with Gasteiger partial charge in [-0.15, -0.1) is 0 Å². The van der Waals surface area contributed by atoms with Crippen molar-refractivity contribution in [3.05, 3.63) is 40.3 Å². The van der Waals surface area contributed by atoms with Crippen LogP contribution in [-0.2, 0) is 0 Å². The molecule has 1 rings (SSSR count). The number of halogens is 2. The smallest absolute Gasteiger partial charge is 0.307 e. The van der Waals surface area contributed by atoms with E-state index in [1.165, 1.54) is 11.9 Å². The molecule has 0 aliphatic carbocycles. The molecular formula is C11H12BrClN2OS. The highest BCUT2D eigenvalue weighted by atomic mass is 79.9.